The Morgan fingerprint density at radius 1 is 1.10 bits per heavy atom. The molecule has 39 heavy (non-hydrogen) atoms. The van der Waals surface area contributed by atoms with Gasteiger partial charge in [0.1, 0.15) is 23.7 Å². The number of aliphatic hydroxyl groups excluding tert-OH is 1. The molecule has 2 heterocycles. The number of amides is 1. The summed E-state index contributed by atoms with van der Waals surface area (Å²) in [7, 11) is 3.34. The van der Waals surface area contributed by atoms with Gasteiger partial charge < -0.3 is 38.6 Å². The van der Waals surface area contributed by atoms with Gasteiger partial charge in [0.2, 0.25) is 0 Å². The molecule has 0 aromatic heterocycles. The Kier molecular flexibility index (Phi) is 9.58. The number of nitrogens with zero attached hydrogens (tertiary/aromatic N) is 2. The quantitative estimate of drug-likeness (QED) is 0.472. The van der Waals surface area contributed by atoms with Crippen molar-refractivity contribution < 1.29 is 33.6 Å². The number of β-amino-alcohol motifs (C(OH)–C–C–N with tert-alkyl or cyclic N) is 1. The lowest BCUT2D eigenvalue weighted by Gasteiger charge is -2.42. The van der Waals surface area contributed by atoms with Crippen molar-refractivity contribution in [1.82, 2.24) is 4.90 Å². The SMILES string of the molecule is COCCCN1CCOc2ccc(CO[C@H]3CN(C(=O)OC(C)(C)C)C[C@@H](O)[C@@H]3c3ccc(OC)cc3)cc21. The molecule has 1 amide bonds. The summed E-state index contributed by atoms with van der Waals surface area (Å²) in [5.41, 5.74) is 2.34. The minimum absolute atomic E-state index is 0.165. The molecule has 0 spiro atoms. The zero-order valence-electron chi connectivity index (χ0n) is 23.7. The number of piperidine rings is 1. The molecule has 2 aromatic carbocycles. The predicted octanol–water partition coefficient (Wildman–Crippen LogP) is 4.21. The number of ether oxygens (including phenoxy) is 5. The average molecular weight is 543 g/mol. The van der Waals surface area contributed by atoms with Gasteiger partial charge in [0.25, 0.3) is 0 Å². The summed E-state index contributed by atoms with van der Waals surface area (Å²) in [4.78, 5) is 16.8. The maximum Gasteiger partial charge on any atom is 0.410 e. The molecular weight excluding hydrogens is 500 g/mol. The van der Waals surface area contributed by atoms with E-state index in [-0.39, 0.29) is 12.5 Å². The fraction of sp³-hybridized carbons (Fsp3) is 0.567. The van der Waals surface area contributed by atoms with Gasteiger partial charge >= 0.3 is 6.09 Å². The van der Waals surface area contributed by atoms with Gasteiger partial charge in [0, 0.05) is 26.2 Å². The van der Waals surface area contributed by atoms with Crippen molar-refractivity contribution in [3.05, 3.63) is 53.6 Å². The van der Waals surface area contributed by atoms with Crippen LogP contribution in [0.3, 0.4) is 0 Å². The van der Waals surface area contributed by atoms with Gasteiger partial charge in [-0.05, 0) is 62.6 Å². The van der Waals surface area contributed by atoms with E-state index >= 15 is 0 Å². The van der Waals surface area contributed by atoms with E-state index in [4.69, 9.17) is 23.7 Å². The average Bonchev–Trinajstić information content (AvgIpc) is 2.91. The normalized spacial score (nSPS) is 21.2. The molecule has 3 atom stereocenters. The molecule has 2 aliphatic heterocycles. The van der Waals surface area contributed by atoms with Crippen LogP contribution in [0.15, 0.2) is 42.5 Å². The first kappa shape index (κ1) is 29.0. The van der Waals surface area contributed by atoms with E-state index in [1.807, 2.05) is 57.2 Å². The summed E-state index contributed by atoms with van der Waals surface area (Å²) in [5.74, 6) is 1.28. The monoisotopic (exact) mass is 542 g/mol. The second kappa shape index (κ2) is 12.9. The Morgan fingerprint density at radius 2 is 1.87 bits per heavy atom. The van der Waals surface area contributed by atoms with E-state index in [0.29, 0.717) is 26.4 Å². The van der Waals surface area contributed by atoms with Gasteiger partial charge in [0.05, 0.1) is 51.2 Å². The van der Waals surface area contributed by atoms with Crippen LogP contribution in [0.1, 0.15) is 44.2 Å². The van der Waals surface area contributed by atoms with E-state index in [1.165, 1.54) is 0 Å². The van der Waals surface area contributed by atoms with Crippen LogP contribution in [0.2, 0.25) is 0 Å². The van der Waals surface area contributed by atoms with E-state index < -0.39 is 23.9 Å². The van der Waals surface area contributed by atoms with Gasteiger partial charge in [-0.15, -0.1) is 0 Å². The number of benzene rings is 2. The topological polar surface area (TPSA) is 89.9 Å². The fourth-order valence-corrected chi connectivity index (χ4v) is 5.13. The minimum Gasteiger partial charge on any atom is -0.497 e. The highest BCUT2D eigenvalue weighted by Gasteiger charge is 2.40. The third-order valence-corrected chi connectivity index (χ3v) is 7.00. The molecule has 1 saturated heterocycles. The van der Waals surface area contributed by atoms with Gasteiger partial charge in [-0.2, -0.15) is 0 Å². The summed E-state index contributed by atoms with van der Waals surface area (Å²) >= 11 is 0. The number of hydrogen-bond donors (Lipinski definition) is 1. The first-order chi connectivity index (χ1) is 18.7. The fourth-order valence-electron chi connectivity index (χ4n) is 5.13. The number of fused-ring (bicyclic) bond motifs is 1. The largest absolute Gasteiger partial charge is 0.497 e. The highest BCUT2D eigenvalue weighted by atomic mass is 16.6. The number of carbonyl (C=O) groups is 1. The molecule has 0 unspecified atom stereocenters. The van der Waals surface area contributed by atoms with Crippen molar-refractivity contribution in [3.63, 3.8) is 0 Å². The van der Waals surface area contributed by atoms with E-state index in [1.54, 1.807) is 19.1 Å². The third kappa shape index (κ3) is 7.56. The lowest BCUT2D eigenvalue weighted by atomic mass is 9.84. The molecule has 0 radical (unpaired) electrons. The molecule has 214 valence electrons. The summed E-state index contributed by atoms with van der Waals surface area (Å²) in [6, 6.07) is 13.7. The molecular formula is C30H42N2O7. The van der Waals surface area contributed by atoms with Gasteiger partial charge in [-0.1, -0.05) is 18.2 Å². The van der Waals surface area contributed by atoms with Crippen LogP contribution in [0.25, 0.3) is 0 Å². The Labute approximate surface area is 231 Å². The maximum atomic E-state index is 12.9. The van der Waals surface area contributed by atoms with Crippen molar-refractivity contribution in [3.8, 4) is 11.5 Å². The first-order valence-electron chi connectivity index (χ1n) is 13.6. The van der Waals surface area contributed by atoms with Crippen molar-refractivity contribution in [1.29, 1.82) is 0 Å². The van der Waals surface area contributed by atoms with Crippen molar-refractivity contribution in [2.24, 2.45) is 0 Å². The van der Waals surface area contributed by atoms with Crippen molar-refractivity contribution in [2.45, 2.75) is 57.5 Å². The van der Waals surface area contributed by atoms with Crippen LogP contribution in [0.5, 0.6) is 11.5 Å². The highest BCUT2D eigenvalue weighted by molar-refractivity contribution is 5.68. The second-order valence-electron chi connectivity index (χ2n) is 11.1. The summed E-state index contributed by atoms with van der Waals surface area (Å²) in [5, 5.41) is 11.2. The van der Waals surface area contributed by atoms with Crippen LogP contribution in [-0.2, 0) is 20.8 Å². The molecule has 4 rings (SSSR count). The molecule has 9 nitrogen and oxygen atoms in total. The Bertz CT molecular complexity index is 1090. The summed E-state index contributed by atoms with van der Waals surface area (Å²) in [6.45, 7) is 9.35. The van der Waals surface area contributed by atoms with E-state index in [0.717, 1.165) is 47.8 Å². The minimum atomic E-state index is -0.821. The lowest BCUT2D eigenvalue weighted by Crippen LogP contribution is -2.54. The Morgan fingerprint density at radius 3 is 2.56 bits per heavy atom. The number of aliphatic hydroxyl groups is 1. The summed E-state index contributed by atoms with van der Waals surface area (Å²) < 4.78 is 28.5. The number of likely N-dealkylation sites (tertiary alicyclic amines) is 1. The van der Waals surface area contributed by atoms with E-state index in [2.05, 4.69) is 11.0 Å². The molecule has 2 aromatic rings. The number of anilines is 1. The van der Waals surface area contributed by atoms with Gasteiger partial charge in [0.15, 0.2) is 0 Å². The number of hydrogen-bond acceptors (Lipinski definition) is 8. The zero-order valence-corrected chi connectivity index (χ0v) is 23.7. The van der Waals surface area contributed by atoms with Crippen molar-refractivity contribution in [2.75, 3.05) is 58.5 Å². The molecule has 1 N–H and O–H groups in total. The van der Waals surface area contributed by atoms with Crippen LogP contribution in [0.4, 0.5) is 10.5 Å². The first-order valence-corrected chi connectivity index (χ1v) is 13.6. The Hall–Kier alpha value is -3.01. The van der Waals surface area contributed by atoms with Gasteiger partial charge in [-0.25, -0.2) is 4.79 Å². The molecule has 0 saturated carbocycles. The van der Waals surface area contributed by atoms with Crippen LogP contribution >= 0.6 is 0 Å². The van der Waals surface area contributed by atoms with Crippen LogP contribution in [0, 0.1) is 0 Å². The lowest BCUT2D eigenvalue weighted by molar-refractivity contribution is -0.0755. The predicted molar refractivity (Wildman–Crippen MR) is 149 cm³/mol. The van der Waals surface area contributed by atoms with Crippen LogP contribution in [-0.4, -0.2) is 87.5 Å². The zero-order chi connectivity index (χ0) is 28.0. The standard InChI is InChI=1S/C30H42N2O7/c1-30(2,3)39-29(34)32-18-25(33)28(22-8-10-23(36-5)11-9-22)27(19-32)38-20-21-7-12-26-24(17-21)31(14-16-37-26)13-6-15-35-4/h7-12,17,25,27-28,33H,6,13-16,18-20H2,1-5H3/t25-,27+,28+/m1/s1. The smallest absolute Gasteiger partial charge is 0.410 e. The summed E-state index contributed by atoms with van der Waals surface area (Å²) in [6.07, 6.45) is -0.792. The highest BCUT2D eigenvalue weighted by Crippen LogP contribution is 2.35. The third-order valence-electron chi connectivity index (χ3n) is 7.00. The molecule has 0 bridgehead atoms. The number of methoxy groups -OCH3 is 2. The maximum absolute atomic E-state index is 12.9. The number of carbonyl (C=O) groups excluding carboxylic acids is 1. The van der Waals surface area contributed by atoms with Crippen molar-refractivity contribution >= 4 is 11.8 Å². The molecule has 0 aliphatic carbocycles. The molecule has 9 heteroatoms. The van der Waals surface area contributed by atoms with Crippen LogP contribution < -0.4 is 14.4 Å². The van der Waals surface area contributed by atoms with Gasteiger partial charge in [-0.3, -0.25) is 0 Å². The van der Waals surface area contributed by atoms with E-state index in [9.17, 15) is 9.90 Å². The molecule has 2 aliphatic rings. The second-order valence-corrected chi connectivity index (χ2v) is 11.1. The molecule has 1 fully saturated rings. The number of rotatable bonds is 9. The Balaban J connectivity index is 1.53.